The number of hydrogen-bond acceptors (Lipinski definition) is 3. The quantitative estimate of drug-likeness (QED) is 0.860. The third-order valence-corrected chi connectivity index (χ3v) is 2.65. The molecular weight excluding hydrogens is 261 g/mol. The molecule has 1 N–H and O–H groups in total. The average molecular weight is 276 g/mol. The standard InChI is InChI=1S/C12H15ClFNO3/c1-2-15(5-6-16)12(17)8-18-9-3-4-11(14)10(13)7-9/h3-4,7,16H,2,5-6,8H2,1H3. The summed E-state index contributed by atoms with van der Waals surface area (Å²) in [6.45, 7) is 2.30. The van der Waals surface area contributed by atoms with E-state index in [-0.39, 0.29) is 30.7 Å². The second-order valence-electron chi connectivity index (χ2n) is 3.56. The zero-order valence-electron chi connectivity index (χ0n) is 10.0. The maximum Gasteiger partial charge on any atom is 0.260 e. The molecule has 4 nitrogen and oxygen atoms in total. The van der Waals surface area contributed by atoms with Crippen LogP contribution < -0.4 is 4.74 Å². The fourth-order valence-electron chi connectivity index (χ4n) is 1.38. The van der Waals surface area contributed by atoms with Gasteiger partial charge in [0.25, 0.3) is 5.91 Å². The molecule has 0 spiro atoms. The number of nitrogens with zero attached hydrogens (tertiary/aromatic N) is 1. The molecule has 1 aromatic rings. The van der Waals surface area contributed by atoms with Crippen LogP contribution in [0.15, 0.2) is 18.2 Å². The van der Waals surface area contributed by atoms with Gasteiger partial charge in [-0.3, -0.25) is 4.79 Å². The summed E-state index contributed by atoms with van der Waals surface area (Å²) in [5, 5.41) is 8.72. The van der Waals surface area contributed by atoms with Crippen LogP contribution >= 0.6 is 11.6 Å². The van der Waals surface area contributed by atoms with E-state index in [1.165, 1.54) is 23.1 Å². The van der Waals surface area contributed by atoms with Crippen LogP contribution in [0.25, 0.3) is 0 Å². The molecule has 0 aromatic heterocycles. The molecular formula is C12H15ClFNO3. The molecule has 0 aliphatic rings. The molecule has 1 aromatic carbocycles. The normalized spacial score (nSPS) is 10.2. The molecule has 0 aliphatic heterocycles. The number of aliphatic hydroxyl groups excluding tert-OH is 1. The zero-order valence-corrected chi connectivity index (χ0v) is 10.8. The number of carbonyl (C=O) groups excluding carboxylic acids is 1. The first-order valence-corrected chi connectivity index (χ1v) is 5.92. The predicted molar refractivity (Wildman–Crippen MR) is 66.2 cm³/mol. The number of likely N-dealkylation sites (N-methyl/N-ethyl adjacent to an activating group) is 1. The molecule has 0 saturated carbocycles. The van der Waals surface area contributed by atoms with Crippen molar-refractivity contribution in [2.75, 3.05) is 26.3 Å². The summed E-state index contributed by atoms with van der Waals surface area (Å²) < 4.78 is 18.1. The van der Waals surface area contributed by atoms with Crippen LogP contribution in [0.5, 0.6) is 5.75 Å². The van der Waals surface area contributed by atoms with Gasteiger partial charge in [-0.1, -0.05) is 11.6 Å². The molecule has 1 rings (SSSR count). The Balaban J connectivity index is 2.53. The van der Waals surface area contributed by atoms with Gasteiger partial charge in [0, 0.05) is 19.2 Å². The number of hydrogen-bond donors (Lipinski definition) is 1. The number of aliphatic hydroxyl groups is 1. The van der Waals surface area contributed by atoms with Gasteiger partial charge in [-0.05, 0) is 19.1 Å². The second-order valence-corrected chi connectivity index (χ2v) is 3.97. The maximum atomic E-state index is 12.9. The highest BCUT2D eigenvalue weighted by Gasteiger charge is 2.12. The molecule has 0 unspecified atom stereocenters. The smallest absolute Gasteiger partial charge is 0.260 e. The summed E-state index contributed by atoms with van der Waals surface area (Å²) in [6.07, 6.45) is 0. The number of ether oxygens (including phenoxy) is 1. The van der Waals surface area contributed by atoms with Gasteiger partial charge in [0.05, 0.1) is 11.6 Å². The number of halogens is 2. The lowest BCUT2D eigenvalue weighted by Crippen LogP contribution is -2.36. The summed E-state index contributed by atoms with van der Waals surface area (Å²) in [5.74, 6) is -0.451. The molecule has 0 atom stereocenters. The van der Waals surface area contributed by atoms with Crippen LogP contribution in [-0.2, 0) is 4.79 Å². The van der Waals surface area contributed by atoms with Crippen LogP contribution in [-0.4, -0.2) is 42.2 Å². The van der Waals surface area contributed by atoms with Crippen molar-refractivity contribution < 1.29 is 19.0 Å². The molecule has 0 aliphatic carbocycles. The number of rotatable bonds is 6. The third kappa shape index (κ3) is 4.16. The van der Waals surface area contributed by atoms with Crippen molar-refractivity contribution in [3.05, 3.63) is 29.0 Å². The van der Waals surface area contributed by atoms with E-state index >= 15 is 0 Å². The number of carbonyl (C=O) groups is 1. The van der Waals surface area contributed by atoms with Gasteiger partial charge in [0.1, 0.15) is 11.6 Å². The fraction of sp³-hybridized carbons (Fsp3) is 0.417. The summed E-state index contributed by atoms with van der Waals surface area (Å²) in [5.41, 5.74) is 0. The van der Waals surface area contributed by atoms with Crippen molar-refractivity contribution in [1.29, 1.82) is 0 Å². The maximum absolute atomic E-state index is 12.9. The summed E-state index contributed by atoms with van der Waals surface area (Å²) in [7, 11) is 0. The first-order chi connectivity index (χ1) is 8.58. The van der Waals surface area contributed by atoms with E-state index in [9.17, 15) is 9.18 Å². The molecule has 100 valence electrons. The monoisotopic (exact) mass is 275 g/mol. The lowest BCUT2D eigenvalue weighted by Gasteiger charge is -2.19. The van der Waals surface area contributed by atoms with E-state index in [1.807, 2.05) is 6.92 Å². The first kappa shape index (κ1) is 14.7. The Labute approximate surface area is 110 Å². The molecule has 0 heterocycles. The zero-order chi connectivity index (χ0) is 13.5. The Morgan fingerprint density at radius 2 is 2.28 bits per heavy atom. The molecule has 0 radical (unpaired) electrons. The van der Waals surface area contributed by atoms with E-state index in [4.69, 9.17) is 21.4 Å². The van der Waals surface area contributed by atoms with Gasteiger partial charge in [-0.15, -0.1) is 0 Å². The SMILES string of the molecule is CCN(CCO)C(=O)COc1ccc(F)c(Cl)c1. The Bertz CT molecular complexity index is 414. The van der Waals surface area contributed by atoms with Crippen LogP contribution in [0.4, 0.5) is 4.39 Å². The first-order valence-electron chi connectivity index (χ1n) is 5.55. The van der Waals surface area contributed by atoms with Gasteiger partial charge < -0.3 is 14.7 Å². The van der Waals surface area contributed by atoms with Crippen molar-refractivity contribution in [3.8, 4) is 5.75 Å². The summed E-state index contributed by atoms with van der Waals surface area (Å²) in [4.78, 5) is 13.1. The Morgan fingerprint density at radius 3 is 2.83 bits per heavy atom. The van der Waals surface area contributed by atoms with Crippen molar-refractivity contribution in [2.24, 2.45) is 0 Å². The average Bonchev–Trinajstić information content (AvgIpc) is 2.37. The van der Waals surface area contributed by atoms with Gasteiger partial charge >= 0.3 is 0 Å². The van der Waals surface area contributed by atoms with Crippen molar-refractivity contribution >= 4 is 17.5 Å². The van der Waals surface area contributed by atoms with E-state index in [1.54, 1.807) is 0 Å². The molecule has 0 bridgehead atoms. The Morgan fingerprint density at radius 1 is 1.56 bits per heavy atom. The highest BCUT2D eigenvalue weighted by atomic mass is 35.5. The van der Waals surface area contributed by atoms with Crippen molar-refractivity contribution in [1.82, 2.24) is 4.90 Å². The van der Waals surface area contributed by atoms with Gasteiger partial charge in [-0.2, -0.15) is 0 Å². The van der Waals surface area contributed by atoms with Gasteiger partial charge in [0.2, 0.25) is 0 Å². The number of amides is 1. The van der Waals surface area contributed by atoms with E-state index in [2.05, 4.69) is 0 Å². The minimum atomic E-state index is -0.536. The van der Waals surface area contributed by atoms with Gasteiger partial charge in [0.15, 0.2) is 6.61 Å². The molecule has 6 heteroatoms. The largest absolute Gasteiger partial charge is 0.484 e. The van der Waals surface area contributed by atoms with Gasteiger partial charge in [-0.25, -0.2) is 4.39 Å². The van der Waals surface area contributed by atoms with E-state index in [0.29, 0.717) is 12.3 Å². The van der Waals surface area contributed by atoms with E-state index < -0.39 is 5.82 Å². The lowest BCUT2D eigenvalue weighted by atomic mass is 10.3. The van der Waals surface area contributed by atoms with Crippen LogP contribution in [0.1, 0.15) is 6.92 Å². The molecule has 0 fully saturated rings. The topological polar surface area (TPSA) is 49.8 Å². The van der Waals surface area contributed by atoms with Crippen molar-refractivity contribution in [2.45, 2.75) is 6.92 Å². The summed E-state index contributed by atoms with van der Waals surface area (Å²) >= 11 is 5.59. The van der Waals surface area contributed by atoms with Crippen LogP contribution in [0, 0.1) is 5.82 Å². The Hall–Kier alpha value is -1.33. The Kier molecular flexibility index (Phi) is 5.88. The predicted octanol–water partition coefficient (Wildman–Crippen LogP) is 1.70. The van der Waals surface area contributed by atoms with Crippen LogP contribution in [0.2, 0.25) is 5.02 Å². The third-order valence-electron chi connectivity index (χ3n) is 2.36. The minimum absolute atomic E-state index is 0.0531. The van der Waals surface area contributed by atoms with Crippen LogP contribution in [0.3, 0.4) is 0 Å². The second kappa shape index (κ2) is 7.18. The van der Waals surface area contributed by atoms with E-state index in [0.717, 1.165) is 0 Å². The highest BCUT2D eigenvalue weighted by molar-refractivity contribution is 6.30. The lowest BCUT2D eigenvalue weighted by molar-refractivity contribution is -0.133. The molecule has 18 heavy (non-hydrogen) atoms. The number of benzene rings is 1. The fourth-order valence-corrected chi connectivity index (χ4v) is 1.55. The minimum Gasteiger partial charge on any atom is -0.484 e. The highest BCUT2D eigenvalue weighted by Crippen LogP contribution is 2.20. The summed E-state index contributed by atoms with van der Waals surface area (Å²) in [6, 6.07) is 3.89. The van der Waals surface area contributed by atoms with Crippen molar-refractivity contribution in [3.63, 3.8) is 0 Å². The molecule has 1 amide bonds. The molecule has 0 saturated heterocycles.